The van der Waals surface area contributed by atoms with E-state index >= 15 is 0 Å². The van der Waals surface area contributed by atoms with Crippen molar-refractivity contribution >= 4 is 87.2 Å². The van der Waals surface area contributed by atoms with Crippen LogP contribution in [0.15, 0.2) is 84.9 Å². The molecule has 6 aromatic carbocycles. The lowest BCUT2D eigenvalue weighted by Gasteiger charge is -2.09. The average Bonchev–Trinajstić information content (AvgIpc) is 4.12. The molecule has 0 spiro atoms. The van der Waals surface area contributed by atoms with Crippen molar-refractivity contribution in [1.82, 2.24) is 60.4 Å². The first-order chi connectivity index (χ1) is 30.1. The highest BCUT2D eigenvalue weighted by Crippen LogP contribution is 2.43. The lowest BCUT2D eigenvalue weighted by Crippen LogP contribution is -2.11. The summed E-state index contributed by atoms with van der Waals surface area (Å²) in [6, 6.07) is 22.3. The Kier molecular flexibility index (Phi) is 8.55. The number of nitrogens with one attached hydrogen (secondary N) is 4. The fourth-order valence-corrected chi connectivity index (χ4v) is 8.22. The van der Waals surface area contributed by atoms with Gasteiger partial charge in [0.15, 0.2) is 17.3 Å². The minimum absolute atomic E-state index is 0.289. The Morgan fingerprint density at radius 1 is 0.484 bits per heavy atom. The molecular formula is C44H32F4N12O2. The SMILES string of the molecule is Cc1nnn(CCOc2c3[nH]c4ccc(F)cc4c3cc3c2[nH]c2ccc(F)cc23)n1.Cc1nnnn1CCOc1c2[nH]c3ccc(F)cc3c2cc2c1[nH]c1ccc(F)cc12. The molecule has 0 radical (unpaired) electrons. The number of hydrogen-bond donors (Lipinski definition) is 4. The Morgan fingerprint density at radius 3 is 1.24 bits per heavy atom. The number of aromatic amines is 4. The molecule has 0 amide bonds. The van der Waals surface area contributed by atoms with E-state index in [1.165, 1.54) is 53.3 Å². The van der Waals surface area contributed by atoms with Crippen molar-refractivity contribution in [3.63, 3.8) is 0 Å². The second-order valence-corrected chi connectivity index (χ2v) is 14.9. The number of aryl methyl sites for hydroxylation is 2. The van der Waals surface area contributed by atoms with Crippen molar-refractivity contribution in [2.75, 3.05) is 13.2 Å². The molecule has 18 heteroatoms. The standard InChI is InChI=1S/2C22H16F2N6O/c1-11-27-28-29-30(11)6-7-31-22-20-16(14-8-12(23)2-4-18(14)25-20)10-17-15-9-13(24)3-5-19(15)26-21(17)22;1-11-27-29-30(28-11)6-7-31-22-20-16(14-8-12(23)2-4-18(14)25-20)10-17-15-9-13(24)3-5-19(15)26-21(17)22/h2*2-5,8-10,25-26H,6-7H2,1H3. The molecule has 0 aliphatic rings. The lowest BCUT2D eigenvalue weighted by atomic mass is 10.1. The lowest BCUT2D eigenvalue weighted by molar-refractivity contribution is 0.285. The van der Waals surface area contributed by atoms with E-state index in [0.717, 1.165) is 87.2 Å². The smallest absolute Gasteiger partial charge is 0.171 e. The van der Waals surface area contributed by atoms with Gasteiger partial charge in [0.25, 0.3) is 0 Å². The molecule has 0 saturated heterocycles. The average molecular weight is 837 g/mol. The zero-order chi connectivity index (χ0) is 42.2. The Hall–Kier alpha value is -8.02. The van der Waals surface area contributed by atoms with E-state index < -0.39 is 0 Å². The van der Waals surface area contributed by atoms with Crippen molar-refractivity contribution < 1.29 is 27.0 Å². The highest BCUT2D eigenvalue weighted by molar-refractivity contribution is 6.22. The van der Waals surface area contributed by atoms with E-state index in [4.69, 9.17) is 9.47 Å². The molecule has 0 fully saturated rings. The summed E-state index contributed by atoms with van der Waals surface area (Å²) in [4.78, 5) is 14.8. The summed E-state index contributed by atoms with van der Waals surface area (Å²) in [6.45, 7) is 5.05. The summed E-state index contributed by atoms with van der Waals surface area (Å²) in [7, 11) is 0. The van der Waals surface area contributed by atoms with Gasteiger partial charge in [0.2, 0.25) is 0 Å². The van der Waals surface area contributed by atoms with Gasteiger partial charge in [-0.2, -0.15) is 4.80 Å². The molecule has 308 valence electrons. The quantitative estimate of drug-likeness (QED) is 0.110. The first-order valence-electron chi connectivity index (χ1n) is 19.6. The van der Waals surface area contributed by atoms with Gasteiger partial charge in [0, 0.05) is 65.2 Å². The number of ether oxygens (including phenoxy) is 2. The Balaban J connectivity index is 0.000000139. The zero-order valence-electron chi connectivity index (χ0n) is 32.8. The Labute approximate surface area is 345 Å². The minimum Gasteiger partial charge on any atom is -0.487 e. The zero-order valence-corrected chi connectivity index (χ0v) is 32.8. The molecule has 0 unspecified atom stereocenters. The van der Waals surface area contributed by atoms with E-state index in [1.807, 2.05) is 19.1 Å². The maximum absolute atomic E-state index is 14.0. The molecule has 4 N–H and O–H groups in total. The molecule has 0 atom stereocenters. The summed E-state index contributed by atoms with van der Waals surface area (Å²) in [5, 5.41) is 29.6. The van der Waals surface area contributed by atoms with Crippen molar-refractivity contribution in [1.29, 1.82) is 0 Å². The monoisotopic (exact) mass is 836 g/mol. The normalized spacial score (nSPS) is 12.0. The van der Waals surface area contributed by atoms with Crippen LogP contribution in [-0.2, 0) is 13.1 Å². The molecule has 0 aliphatic heterocycles. The fraction of sp³-hybridized carbons (Fsp3) is 0.136. The first kappa shape index (κ1) is 37.0. The van der Waals surface area contributed by atoms with Gasteiger partial charge in [-0.1, -0.05) is 0 Å². The van der Waals surface area contributed by atoms with E-state index in [9.17, 15) is 17.6 Å². The van der Waals surface area contributed by atoms with Crippen LogP contribution >= 0.6 is 0 Å². The minimum atomic E-state index is -0.325. The van der Waals surface area contributed by atoms with Crippen LogP contribution in [0, 0.1) is 37.1 Å². The van der Waals surface area contributed by atoms with Crippen LogP contribution in [-0.4, -0.2) is 73.6 Å². The number of fused-ring (bicyclic) bond motifs is 12. The second-order valence-electron chi connectivity index (χ2n) is 14.9. The summed E-state index contributed by atoms with van der Waals surface area (Å²) in [5.74, 6) is 1.14. The van der Waals surface area contributed by atoms with E-state index in [1.54, 1.807) is 35.9 Å². The Morgan fingerprint density at radius 2 is 0.887 bits per heavy atom. The third-order valence-electron chi connectivity index (χ3n) is 11.0. The van der Waals surface area contributed by atoms with Gasteiger partial charge in [-0.3, -0.25) is 0 Å². The molecule has 0 aliphatic carbocycles. The predicted molar refractivity (Wildman–Crippen MR) is 226 cm³/mol. The third kappa shape index (κ3) is 6.25. The topological polar surface area (TPSA) is 169 Å². The highest BCUT2D eigenvalue weighted by Gasteiger charge is 2.20. The van der Waals surface area contributed by atoms with Crippen molar-refractivity contribution in [2.45, 2.75) is 26.9 Å². The number of rotatable bonds is 8. The fourth-order valence-electron chi connectivity index (χ4n) is 8.22. The van der Waals surface area contributed by atoms with Gasteiger partial charge in [-0.25, -0.2) is 22.2 Å². The van der Waals surface area contributed by atoms with Crippen LogP contribution in [0.4, 0.5) is 17.6 Å². The maximum Gasteiger partial charge on any atom is 0.171 e. The molecule has 6 aromatic heterocycles. The number of aromatic nitrogens is 12. The van der Waals surface area contributed by atoms with Gasteiger partial charge < -0.3 is 29.4 Å². The van der Waals surface area contributed by atoms with Gasteiger partial charge in [0.05, 0.1) is 35.2 Å². The number of tetrazole rings is 2. The van der Waals surface area contributed by atoms with Crippen LogP contribution in [0.1, 0.15) is 11.6 Å². The van der Waals surface area contributed by atoms with Gasteiger partial charge in [-0.15, -0.1) is 15.3 Å². The Bertz CT molecular complexity index is 3520. The third-order valence-corrected chi connectivity index (χ3v) is 11.0. The molecule has 6 heterocycles. The van der Waals surface area contributed by atoms with E-state index in [0.29, 0.717) is 42.8 Å². The summed E-state index contributed by atoms with van der Waals surface area (Å²) < 4.78 is 69.9. The highest BCUT2D eigenvalue weighted by atomic mass is 19.1. The van der Waals surface area contributed by atoms with Crippen LogP contribution in [0.2, 0.25) is 0 Å². The number of benzene rings is 6. The molecule has 0 bridgehead atoms. The second kappa shape index (κ2) is 14.3. The van der Waals surface area contributed by atoms with E-state index in [-0.39, 0.29) is 29.9 Å². The molecule has 12 rings (SSSR count). The summed E-state index contributed by atoms with van der Waals surface area (Å²) in [6.07, 6.45) is 0. The molecule has 0 saturated carbocycles. The van der Waals surface area contributed by atoms with Gasteiger partial charge in [0.1, 0.15) is 42.3 Å². The number of hydrogen-bond acceptors (Lipinski definition) is 8. The number of halogens is 4. The largest absolute Gasteiger partial charge is 0.487 e. The first-order valence-corrected chi connectivity index (χ1v) is 19.6. The number of nitrogens with zero attached hydrogens (tertiary/aromatic N) is 8. The summed E-state index contributed by atoms with van der Waals surface area (Å²) >= 11 is 0. The molecular weight excluding hydrogens is 805 g/mol. The van der Waals surface area contributed by atoms with Crippen molar-refractivity contribution in [3.8, 4) is 11.5 Å². The summed E-state index contributed by atoms with van der Waals surface area (Å²) in [5.41, 5.74) is 6.13. The predicted octanol–water partition coefficient (Wildman–Crippen LogP) is 9.22. The van der Waals surface area contributed by atoms with Gasteiger partial charge in [-0.05, 0) is 114 Å². The van der Waals surface area contributed by atoms with Crippen LogP contribution < -0.4 is 9.47 Å². The van der Waals surface area contributed by atoms with Crippen molar-refractivity contribution in [2.24, 2.45) is 0 Å². The van der Waals surface area contributed by atoms with Gasteiger partial charge >= 0.3 is 0 Å². The van der Waals surface area contributed by atoms with Crippen LogP contribution in [0.5, 0.6) is 11.5 Å². The maximum atomic E-state index is 14.0. The molecule has 12 aromatic rings. The number of H-pyrrole nitrogens is 4. The van der Waals surface area contributed by atoms with Crippen LogP contribution in [0.25, 0.3) is 87.2 Å². The molecule has 14 nitrogen and oxygen atoms in total. The van der Waals surface area contributed by atoms with Crippen molar-refractivity contribution in [3.05, 3.63) is 120 Å². The molecule has 62 heavy (non-hydrogen) atoms. The van der Waals surface area contributed by atoms with E-state index in [2.05, 4.69) is 50.9 Å². The van der Waals surface area contributed by atoms with Crippen LogP contribution in [0.3, 0.4) is 0 Å².